The Bertz CT molecular complexity index is 2230. The van der Waals surface area contributed by atoms with Crippen molar-refractivity contribution in [2.24, 2.45) is 46.6 Å². The van der Waals surface area contributed by atoms with Gasteiger partial charge in [0, 0.05) is 74.5 Å². The average Bonchev–Trinajstić information content (AvgIpc) is 3.55. The molecule has 79 heavy (non-hydrogen) atoms. The maximum Gasteiger partial charge on any atom is 0.408 e. The Labute approximate surface area is 472 Å². The molecule has 0 aromatic heterocycles. The van der Waals surface area contributed by atoms with E-state index in [2.05, 4.69) is 10.5 Å². The van der Waals surface area contributed by atoms with Gasteiger partial charge in [-0.15, -0.1) is 0 Å². The number of aliphatic hydroxyl groups excluding tert-OH is 2. The first kappa shape index (κ1) is 61.2. The molecule has 0 spiro atoms. The van der Waals surface area contributed by atoms with Gasteiger partial charge < -0.3 is 77.4 Å². The number of methoxy groups -OCH3 is 2. The summed E-state index contributed by atoms with van der Waals surface area (Å²) in [4.78, 5) is 66.0. The number of esters is 2. The number of carbonyl (C=O) groups excluding carboxylic acids is 4. The maximum atomic E-state index is 15.9. The predicted octanol–water partition coefficient (Wildman–Crippen LogP) is 6.21. The molecule has 0 aliphatic carbocycles. The van der Waals surface area contributed by atoms with E-state index >= 15 is 9.59 Å². The normalized spacial score (nSPS) is 40.2. The minimum atomic E-state index is -2.47. The minimum absolute atomic E-state index is 0.0237. The standard InChI is InChI=1S/C58H95N3O18/c1-30(2)23-43(62)75-49-37(9)48(32(4)29-71-56-52(69-16)51(68-15)45(63)40(12)74-56)77-54(66)39(11)50(76-44-24-33(5)61(14)28-35(7)72-44)36(8)47(78-55-46(64)42(60-70-17)25-34(6)73-55)31(3)26-58(13,53(65)38(49)10)79-57(67)59-27-41-21-19-18-20-22-41/h18-22,30-40,44-52,55-56,63-64H,23-29H2,1-17H3,(H,59,67)/b60-42+/t31-,32?,33-,34+,35-,36+,37-,38+,39+,40+,44-,45+,46+,47-,48+,49+,50-,51+,52+,55-,56+,58-/m0/s1/i14D3. The Morgan fingerprint density at radius 1 is 0.848 bits per heavy atom. The molecule has 22 atom stereocenters. The van der Waals surface area contributed by atoms with E-state index < -0.39 is 164 Å². The zero-order valence-electron chi connectivity index (χ0n) is 52.4. The SMILES string of the molecule is [2H]C([2H])([2H])N1C[C@H](C)O[C@@H](O[C@H]2[C@H](C)[C@@H](O[C@@H]3O[C@H](C)C/C(=N\OC)[C@H]3O)[C@@H](C)C[C@](C)(OC(=O)NCc3ccccc3)C(=O)[C@H](C)[C@H](OC(=O)CC(C)C)[C@@H](C)[C@@H](C(C)CO[C@@H]3O[C@H](C)[C@@H](O)[C@@H](OC)[C@H]3OC)OC(=O)[C@@H]2C)C[C@@H]1C. The lowest BCUT2D eigenvalue weighted by molar-refractivity contribution is -0.305. The van der Waals surface area contributed by atoms with E-state index in [1.54, 1.807) is 69.2 Å². The van der Waals surface area contributed by atoms with Gasteiger partial charge in [0.25, 0.3) is 0 Å². The number of nitrogens with one attached hydrogen (secondary N) is 1. The highest BCUT2D eigenvalue weighted by Gasteiger charge is 2.53. The highest BCUT2D eigenvalue weighted by molar-refractivity contribution is 5.91. The molecule has 21 heteroatoms. The van der Waals surface area contributed by atoms with Gasteiger partial charge in [0.2, 0.25) is 0 Å². The van der Waals surface area contributed by atoms with Crippen molar-refractivity contribution in [1.82, 2.24) is 10.2 Å². The lowest BCUT2D eigenvalue weighted by Gasteiger charge is -2.45. The zero-order chi connectivity index (χ0) is 61.1. The van der Waals surface area contributed by atoms with Crippen LogP contribution in [0.4, 0.5) is 4.79 Å². The third-order valence-electron chi connectivity index (χ3n) is 15.9. The second-order valence-electron chi connectivity index (χ2n) is 23.2. The monoisotopic (exact) mass is 1120 g/mol. The molecule has 0 saturated carbocycles. The third kappa shape index (κ3) is 17.3. The molecule has 3 N–H and O–H groups in total. The summed E-state index contributed by atoms with van der Waals surface area (Å²) in [5.41, 5.74) is -1.01. The number of cyclic esters (lactones) is 1. The fraction of sp³-hybridized carbons (Fsp3) is 0.810. The van der Waals surface area contributed by atoms with Crippen LogP contribution in [-0.2, 0) is 77.9 Å². The first-order valence-electron chi connectivity index (χ1n) is 29.6. The van der Waals surface area contributed by atoms with Crippen LogP contribution in [0.5, 0.6) is 0 Å². The fourth-order valence-electron chi connectivity index (χ4n) is 11.6. The summed E-state index contributed by atoms with van der Waals surface area (Å²) in [6, 6.07) is 8.54. The molecule has 4 heterocycles. The summed E-state index contributed by atoms with van der Waals surface area (Å²) >= 11 is 0. The van der Waals surface area contributed by atoms with Gasteiger partial charge >= 0.3 is 18.0 Å². The first-order valence-corrected chi connectivity index (χ1v) is 28.1. The average molecular weight is 1130 g/mol. The summed E-state index contributed by atoms with van der Waals surface area (Å²) in [6.07, 6.45) is -15.4. The van der Waals surface area contributed by atoms with Crippen molar-refractivity contribution in [2.45, 2.75) is 220 Å². The lowest BCUT2D eigenvalue weighted by atomic mass is 9.74. The van der Waals surface area contributed by atoms with E-state index in [1.807, 2.05) is 44.2 Å². The smallest absolute Gasteiger partial charge is 0.408 e. The van der Waals surface area contributed by atoms with Crippen LogP contribution in [0.15, 0.2) is 35.5 Å². The number of nitrogens with zero attached hydrogens (tertiary/aromatic N) is 2. The topological polar surface area (TPSA) is 247 Å². The van der Waals surface area contributed by atoms with E-state index in [9.17, 15) is 19.8 Å². The largest absolute Gasteiger partial charge is 0.461 e. The molecular formula is C58H95N3O18. The van der Waals surface area contributed by atoms with E-state index in [-0.39, 0.29) is 57.0 Å². The molecular weight excluding hydrogens is 1030 g/mol. The van der Waals surface area contributed by atoms with Crippen molar-refractivity contribution < 1.29 is 90.4 Å². The van der Waals surface area contributed by atoms with Crippen LogP contribution in [0.2, 0.25) is 0 Å². The molecule has 4 aliphatic rings. The molecule has 5 rings (SSSR count). The van der Waals surface area contributed by atoms with Gasteiger partial charge in [0.15, 0.2) is 30.3 Å². The summed E-state index contributed by atoms with van der Waals surface area (Å²) in [6.45, 7) is 19.8. The van der Waals surface area contributed by atoms with Gasteiger partial charge in [-0.25, -0.2) is 4.79 Å². The van der Waals surface area contributed by atoms with Gasteiger partial charge in [0.05, 0.1) is 54.7 Å². The number of Topliss-reactive ketones (excluding diaryl/α,β-unsaturated/α-hetero) is 1. The number of oxime groups is 1. The predicted molar refractivity (Wildman–Crippen MR) is 290 cm³/mol. The van der Waals surface area contributed by atoms with E-state index in [0.717, 1.165) is 5.56 Å². The highest BCUT2D eigenvalue weighted by Crippen LogP contribution is 2.40. The third-order valence-corrected chi connectivity index (χ3v) is 15.9. The van der Waals surface area contributed by atoms with Gasteiger partial charge in [-0.2, -0.15) is 0 Å². The molecule has 1 aromatic carbocycles. The number of hydrogen-bond donors (Lipinski definition) is 3. The van der Waals surface area contributed by atoms with Crippen LogP contribution in [0, 0.1) is 41.4 Å². The van der Waals surface area contributed by atoms with Crippen molar-refractivity contribution in [3.05, 3.63) is 35.9 Å². The Morgan fingerprint density at radius 3 is 2.16 bits per heavy atom. The number of rotatable bonds is 17. The van der Waals surface area contributed by atoms with Crippen molar-refractivity contribution in [3.8, 4) is 0 Å². The van der Waals surface area contributed by atoms with Crippen LogP contribution >= 0.6 is 0 Å². The maximum absolute atomic E-state index is 15.9. The number of likely N-dealkylation sites (N-methyl/N-ethyl adjacent to an activating group) is 1. The van der Waals surface area contributed by atoms with Crippen LogP contribution in [0.25, 0.3) is 0 Å². The lowest BCUT2D eigenvalue weighted by Crippen LogP contribution is -2.59. The van der Waals surface area contributed by atoms with E-state index in [4.69, 9.17) is 61.1 Å². The number of aliphatic hydroxyl groups is 2. The van der Waals surface area contributed by atoms with Gasteiger partial charge in [0.1, 0.15) is 43.7 Å². The molecule has 1 unspecified atom stereocenters. The van der Waals surface area contributed by atoms with Crippen LogP contribution in [0.1, 0.15) is 125 Å². The number of alkyl carbamates (subject to hydrolysis) is 1. The Hall–Kier alpha value is -3.87. The molecule has 0 radical (unpaired) electrons. The van der Waals surface area contributed by atoms with Crippen molar-refractivity contribution in [2.75, 3.05) is 41.5 Å². The van der Waals surface area contributed by atoms with Crippen LogP contribution < -0.4 is 5.32 Å². The molecule has 450 valence electrons. The number of hydrogen-bond acceptors (Lipinski definition) is 20. The summed E-state index contributed by atoms with van der Waals surface area (Å²) in [7, 11) is 4.22. The Balaban J connectivity index is 1.72. The van der Waals surface area contributed by atoms with Gasteiger partial charge in [-0.3, -0.25) is 14.4 Å². The summed E-state index contributed by atoms with van der Waals surface area (Å²) < 4.78 is 95.1. The summed E-state index contributed by atoms with van der Waals surface area (Å²) in [5, 5.41) is 29.6. The van der Waals surface area contributed by atoms with E-state index in [0.29, 0.717) is 0 Å². The molecule has 4 saturated heterocycles. The van der Waals surface area contributed by atoms with Crippen molar-refractivity contribution in [3.63, 3.8) is 0 Å². The van der Waals surface area contributed by atoms with E-state index in [1.165, 1.54) is 33.2 Å². The number of benzene rings is 1. The molecule has 21 nitrogen and oxygen atoms in total. The highest BCUT2D eigenvalue weighted by atomic mass is 16.7. The number of ketones is 1. The Kier molecular flexibility index (Phi) is 23.2. The van der Waals surface area contributed by atoms with Crippen LogP contribution in [-0.4, -0.2) is 184 Å². The first-order chi connectivity index (χ1) is 38.4. The minimum Gasteiger partial charge on any atom is -0.461 e. The molecule has 4 fully saturated rings. The quantitative estimate of drug-likeness (QED) is 0.0892. The molecule has 1 aromatic rings. The fourth-order valence-corrected chi connectivity index (χ4v) is 11.6. The second-order valence-corrected chi connectivity index (χ2v) is 23.2. The zero-order valence-corrected chi connectivity index (χ0v) is 49.4. The van der Waals surface area contributed by atoms with Gasteiger partial charge in [-0.05, 0) is 72.3 Å². The number of ether oxygens (including phenoxy) is 11. The van der Waals surface area contributed by atoms with Crippen molar-refractivity contribution >= 4 is 29.5 Å². The molecule has 1 amide bonds. The van der Waals surface area contributed by atoms with Gasteiger partial charge in [-0.1, -0.05) is 84.0 Å². The number of amides is 1. The Morgan fingerprint density at radius 2 is 1.53 bits per heavy atom. The second kappa shape index (κ2) is 29.9. The molecule has 0 bridgehead atoms. The summed E-state index contributed by atoms with van der Waals surface area (Å²) in [5.74, 6) is -8.07. The van der Waals surface area contributed by atoms with Crippen molar-refractivity contribution in [1.29, 1.82) is 0 Å². The number of carbonyl (C=O) groups is 4. The van der Waals surface area contributed by atoms with Crippen LogP contribution in [0.3, 0.4) is 0 Å². The molecule has 4 aliphatic heterocycles.